The average Bonchev–Trinajstić information content (AvgIpc) is 2.51. The van der Waals surface area contributed by atoms with E-state index in [4.69, 9.17) is 4.74 Å². The molecule has 0 unspecified atom stereocenters. The summed E-state index contributed by atoms with van der Waals surface area (Å²) in [5, 5.41) is 0.887. The van der Waals surface area contributed by atoms with Crippen LogP contribution in [0.1, 0.15) is 0 Å². The Hall–Kier alpha value is -2.40. The topological polar surface area (TPSA) is 35.0 Å². The van der Waals surface area contributed by atoms with E-state index in [2.05, 4.69) is 9.97 Å². The molecule has 1 aromatic carbocycles. The van der Waals surface area contributed by atoms with Gasteiger partial charge in [-0.1, -0.05) is 17.8 Å². The number of hydrogen-bond acceptors (Lipinski definition) is 4. The molecule has 5 heteroatoms. The van der Waals surface area contributed by atoms with Gasteiger partial charge in [-0.15, -0.1) is 0 Å². The Morgan fingerprint density at radius 3 is 2.57 bits per heavy atom. The van der Waals surface area contributed by atoms with E-state index in [1.165, 1.54) is 23.9 Å². The molecule has 0 aliphatic rings. The summed E-state index contributed by atoms with van der Waals surface area (Å²) < 4.78 is 18.5. The van der Waals surface area contributed by atoms with Crippen LogP contribution in [0.3, 0.4) is 0 Å². The second kappa shape index (κ2) is 6.37. The first-order valence-electron chi connectivity index (χ1n) is 6.27. The van der Waals surface area contributed by atoms with Crippen molar-refractivity contribution >= 4 is 11.8 Å². The number of rotatable bonds is 4. The van der Waals surface area contributed by atoms with Crippen LogP contribution in [-0.2, 0) is 0 Å². The van der Waals surface area contributed by atoms with Gasteiger partial charge in [0.15, 0.2) is 0 Å². The minimum Gasteiger partial charge on any atom is -0.456 e. The molecule has 2 heterocycles. The largest absolute Gasteiger partial charge is 0.456 e. The minimum atomic E-state index is -0.292. The molecule has 0 amide bonds. The maximum atomic E-state index is 12.9. The molecule has 0 N–H and O–H groups in total. The molecule has 0 saturated carbocycles. The van der Waals surface area contributed by atoms with Gasteiger partial charge in [0.05, 0.1) is 6.20 Å². The van der Waals surface area contributed by atoms with Crippen LogP contribution < -0.4 is 4.74 Å². The Labute approximate surface area is 125 Å². The molecule has 0 saturated heterocycles. The molecule has 21 heavy (non-hydrogen) atoms. The van der Waals surface area contributed by atoms with Crippen LogP contribution in [0.25, 0.3) is 0 Å². The molecule has 0 spiro atoms. The lowest BCUT2D eigenvalue weighted by Gasteiger charge is -2.06. The van der Waals surface area contributed by atoms with Gasteiger partial charge in [0.2, 0.25) is 0 Å². The number of aromatic nitrogens is 2. The highest BCUT2D eigenvalue weighted by atomic mass is 32.2. The zero-order chi connectivity index (χ0) is 14.5. The number of ether oxygens (including phenoxy) is 1. The molecule has 0 aliphatic heterocycles. The second-order valence-electron chi connectivity index (χ2n) is 4.18. The molecule has 0 atom stereocenters. The van der Waals surface area contributed by atoms with E-state index in [0.29, 0.717) is 11.5 Å². The van der Waals surface area contributed by atoms with E-state index < -0.39 is 0 Å². The Bertz CT molecular complexity index is 720. The van der Waals surface area contributed by atoms with Gasteiger partial charge in [-0.25, -0.2) is 9.37 Å². The van der Waals surface area contributed by atoms with Crippen molar-refractivity contribution in [3.8, 4) is 11.5 Å². The van der Waals surface area contributed by atoms with Crippen LogP contribution in [0.4, 0.5) is 4.39 Å². The highest BCUT2D eigenvalue weighted by Crippen LogP contribution is 2.29. The van der Waals surface area contributed by atoms with Crippen molar-refractivity contribution in [2.45, 2.75) is 9.92 Å². The quantitative estimate of drug-likeness (QED) is 0.707. The fourth-order valence-electron chi connectivity index (χ4n) is 1.68. The average molecular weight is 298 g/mol. The second-order valence-corrected chi connectivity index (χ2v) is 5.28. The van der Waals surface area contributed by atoms with Gasteiger partial charge in [0.25, 0.3) is 0 Å². The Morgan fingerprint density at radius 1 is 0.952 bits per heavy atom. The molecular weight excluding hydrogens is 287 g/mol. The summed E-state index contributed by atoms with van der Waals surface area (Å²) in [4.78, 5) is 9.32. The van der Waals surface area contributed by atoms with E-state index in [1.807, 2.05) is 24.3 Å². The summed E-state index contributed by atoms with van der Waals surface area (Å²) in [5.74, 6) is 0.876. The first-order chi connectivity index (χ1) is 10.3. The normalized spacial score (nSPS) is 10.3. The van der Waals surface area contributed by atoms with Crippen LogP contribution in [-0.4, -0.2) is 9.97 Å². The lowest BCUT2D eigenvalue weighted by atomic mass is 10.3. The zero-order valence-corrected chi connectivity index (χ0v) is 11.8. The van der Waals surface area contributed by atoms with Crippen molar-refractivity contribution in [3.05, 3.63) is 72.9 Å². The fourth-order valence-corrected chi connectivity index (χ4v) is 2.47. The summed E-state index contributed by atoms with van der Waals surface area (Å²) in [6.07, 6.45) is 5.11. The number of hydrogen-bond donors (Lipinski definition) is 0. The van der Waals surface area contributed by atoms with Gasteiger partial charge in [-0.2, -0.15) is 0 Å². The molecular formula is C16H11FN2OS. The van der Waals surface area contributed by atoms with Gasteiger partial charge in [-0.05, 0) is 42.5 Å². The monoisotopic (exact) mass is 298 g/mol. The Kier molecular flexibility index (Phi) is 4.12. The number of pyridine rings is 2. The van der Waals surface area contributed by atoms with Crippen molar-refractivity contribution in [3.63, 3.8) is 0 Å². The van der Waals surface area contributed by atoms with Crippen LogP contribution >= 0.6 is 11.8 Å². The minimum absolute atomic E-state index is 0.292. The summed E-state index contributed by atoms with van der Waals surface area (Å²) in [7, 11) is 0. The van der Waals surface area contributed by atoms with Crippen molar-refractivity contribution in [2.24, 2.45) is 0 Å². The highest BCUT2D eigenvalue weighted by molar-refractivity contribution is 7.99. The predicted molar refractivity (Wildman–Crippen MR) is 79.1 cm³/mol. The van der Waals surface area contributed by atoms with E-state index in [0.717, 1.165) is 9.92 Å². The Morgan fingerprint density at radius 2 is 1.81 bits per heavy atom. The van der Waals surface area contributed by atoms with Crippen LogP contribution in [0.5, 0.6) is 11.5 Å². The molecule has 0 aliphatic carbocycles. The first kappa shape index (κ1) is 13.6. The summed E-state index contributed by atoms with van der Waals surface area (Å²) in [6, 6.07) is 13.5. The molecule has 3 nitrogen and oxygen atoms in total. The summed E-state index contributed by atoms with van der Waals surface area (Å²) in [5.41, 5.74) is 0. The van der Waals surface area contributed by atoms with E-state index in [1.54, 1.807) is 30.7 Å². The number of halogens is 1. The van der Waals surface area contributed by atoms with Crippen LogP contribution in [0.2, 0.25) is 0 Å². The molecule has 3 rings (SSSR count). The van der Waals surface area contributed by atoms with Crippen molar-refractivity contribution < 1.29 is 9.13 Å². The maximum Gasteiger partial charge on any atom is 0.146 e. The maximum absolute atomic E-state index is 12.9. The smallest absolute Gasteiger partial charge is 0.146 e. The van der Waals surface area contributed by atoms with E-state index >= 15 is 0 Å². The van der Waals surface area contributed by atoms with Crippen molar-refractivity contribution in [2.75, 3.05) is 0 Å². The first-order valence-corrected chi connectivity index (χ1v) is 7.08. The summed E-state index contributed by atoms with van der Waals surface area (Å²) >= 11 is 1.50. The molecule has 0 fully saturated rings. The van der Waals surface area contributed by atoms with Crippen LogP contribution in [0.15, 0.2) is 77.0 Å². The van der Waals surface area contributed by atoms with Gasteiger partial charge < -0.3 is 4.74 Å². The molecule has 2 aromatic heterocycles. The zero-order valence-electron chi connectivity index (χ0n) is 10.9. The predicted octanol–water partition coefficient (Wildman–Crippen LogP) is 4.56. The lowest BCUT2D eigenvalue weighted by Crippen LogP contribution is -1.87. The van der Waals surface area contributed by atoms with Gasteiger partial charge >= 0.3 is 0 Å². The molecule has 0 radical (unpaired) electrons. The van der Waals surface area contributed by atoms with E-state index in [9.17, 15) is 4.39 Å². The number of nitrogens with zero attached hydrogens (tertiary/aromatic N) is 2. The van der Waals surface area contributed by atoms with Gasteiger partial charge in [0, 0.05) is 17.3 Å². The van der Waals surface area contributed by atoms with Crippen molar-refractivity contribution in [1.29, 1.82) is 0 Å². The standard InChI is InChI=1S/C16H11FN2OS/c17-12-4-6-13(7-5-12)20-14-9-15(11-18-10-14)21-16-3-1-2-8-19-16/h1-11H. The summed E-state index contributed by atoms with van der Waals surface area (Å²) in [6.45, 7) is 0. The van der Waals surface area contributed by atoms with Crippen molar-refractivity contribution in [1.82, 2.24) is 9.97 Å². The van der Waals surface area contributed by atoms with Crippen LogP contribution in [0, 0.1) is 5.82 Å². The fraction of sp³-hybridized carbons (Fsp3) is 0. The number of benzene rings is 1. The third-order valence-corrected chi connectivity index (χ3v) is 3.51. The molecule has 0 bridgehead atoms. The molecule has 104 valence electrons. The SMILES string of the molecule is Fc1ccc(Oc2cncc(Sc3ccccn3)c2)cc1. The highest BCUT2D eigenvalue weighted by Gasteiger charge is 2.03. The lowest BCUT2D eigenvalue weighted by molar-refractivity contribution is 0.476. The third-order valence-electron chi connectivity index (χ3n) is 2.60. The third kappa shape index (κ3) is 3.79. The Balaban J connectivity index is 1.75. The van der Waals surface area contributed by atoms with E-state index in [-0.39, 0.29) is 5.82 Å². The molecule has 3 aromatic rings. The van der Waals surface area contributed by atoms with Gasteiger partial charge in [-0.3, -0.25) is 4.98 Å². The van der Waals surface area contributed by atoms with Gasteiger partial charge in [0.1, 0.15) is 22.3 Å².